The van der Waals surface area contributed by atoms with Gasteiger partial charge in [-0.25, -0.2) is 22.7 Å². The highest BCUT2D eigenvalue weighted by Gasteiger charge is 2.37. The third-order valence-corrected chi connectivity index (χ3v) is 8.30. The summed E-state index contributed by atoms with van der Waals surface area (Å²) in [5.41, 5.74) is -0.103. The zero-order chi connectivity index (χ0) is 20.1. The van der Waals surface area contributed by atoms with Crippen molar-refractivity contribution >= 4 is 27.3 Å². The Morgan fingerprint density at radius 2 is 1.93 bits per heavy atom. The van der Waals surface area contributed by atoms with Gasteiger partial charge in [0.05, 0.1) is 7.11 Å². The van der Waals surface area contributed by atoms with Crippen molar-refractivity contribution in [1.82, 2.24) is 18.7 Å². The van der Waals surface area contributed by atoms with Gasteiger partial charge in [-0.2, -0.15) is 9.40 Å². The molecule has 0 atom stereocenters. The van der Waals surface area contributed by atoms with Crippen molar-refractivity contribution in [3.63, 3.8) is 0 Å². The molecule has 9 nitrogen and oxygen atoms in total. The first kappa shape index (κ1) is 19.3. The van der Waals surface area contributed by atoms with Crippen LogP contribution in [0.5, 0.6) is 0 Å². The van der Waals surface area contributed by atoms with Crippen molar-refractivity contribution < 1.29 is 17.9 Å². The summed E-state index contributed by atoms with van der Waals surface area (Å²) in [4.78, 5) is 24.3. The Kier molecular flexibility index (Phi) is 4.92. The Balaban J connectivity index is 1.54. The smallest absolute Gasteiger partial charge is 0.349 e. The highest BCUT2D eigenvalue weighted by molar-refractivity contribution is 7.89. The minimum atomic E-state index is -3.78. The predicted molar refractivity (Wildman–Crippen MR) is 102 cm³/mol. The molecule has 3 heterocycles. The molecule has 11 heteroatoms. The van der Waals surface area contributed by atoms with Crippen molar-refractivity contribution in [1.29, 1.82) is 0 Å². The van der Waals surface area contributed by atoms with E-state index < -0.39 is 16.0 Å². The molecule has 2 aromatic heterocycles. The number of methoxy groups -OCH3 is 1. The average molecular weight is 427 g/mol. The molecule has 0 unspecified atom stereocenters. The third-order valence-electron chi connectivity index (χ3n) is 5.33. The summed E-state index contributed by atoms with van der Waals surface area (Å²) in [6, 6.07) is 1.67. The first-order valence-electron chi connectivity index (χ1n) is 9.16. The molecule has 152 valence electrons. The summed E-state index contributed by atoms with van der Waals surface area (Å²) in [6.07, 6.45) is 3.14. The number of hydrogen-bond acceptors (Lipinski definition) is 7. The van der Waals surface area contributed by atoms with Crippen LogP contribution in [0.15, 0.2) is 21.1 Å². The van der Waals surface area contributed by atoms with Gasteiger partial charge in [-0.15, -0.1) is 11.3 Å². The van der Waals surface area contributed by atoms with Crippen LogP contribution in [-0.4, -0.2) is 53.2 Å². The molecule has 1 aliphatic heterocycles. The van der Waals surface area contributed by atoms with Crippen LogP contribution in [0.1, 0.15) is 53.1 Å². The van der Waals surface area contributed by atoms with Crippen LogP contribution >= 0.6 is 11.3 Å². The molecule has 0 radical (unpaired) electrons. The van der Waals surface area contributed by atoms with Gasteiger partial charge in [-0.1, -0.05) is 0 Å². The van der Waals surface area contributed by atoms with E-state index in [9.17, 15) is 18.0 Å². The molecule has 0 N–H and O–H groups in total. The number of aryl methyl sites for hydroxylation is 1. The summed E-state index contributed by atoms with van der Waals surface area (Å²) in [6.45, 7) is 0.637. The zero-order valence-electron chi connectivity index (χ0n) is 15.7. The Morgan fingerprint density at radius 3 is 2.54 bits per heavy atom. The van der Waals surface area contributed by atoms with E-state index in [0.717, 1.165) is 30.0 Å². The largest absolute Gasteiger partial charge is 0.465 e. The lowest BCUT2D eigenvalue weighted by Gasteiger charge is -2.30. The monoisotopic (exact) mass is 426 g/mol. The third kappa shape index (κ3) is 3.20. The highest BCUT2D eigenvalue weighted by atomic mass is 32.2. The van der Waals surface area contributed by atoms with E-state index >= 15 is 0 Å². The standard InChI is InChI=1S/C17H22N4O5S2/c1-19-17(23)21(12-3-4-12)15(18-19)11-5-8-20(9-6-11)28(24,25)13-7-10-27-14(13)16(22)26-2/h7,10-12H,3-6,8-9H2,1-2H3. The van der Waals surface area contributed by atoms with Crippen LogP contribution in [0, 0.1) is 0 Å². The molecule has 0 bridgehead atoms. The van der Waals surface area contributed by atoms with E-state index in [2.05, 4.69) is 5.10 Å². The van der Waals surface area contributed by atoms with E-state index in [1.54, 1.807) is 17.0 Å². The Labute approximate surface area is 166 Å². The maximum atomic E-state index is 13.0. The first-order chi connectivity index (χ1) is 13.3. The van der Waals surface area contributed by atoms with Gasteiger partial charge in [0.25, 0.3) is 0 Å². The summed E-state index contributed by atoms with van der Waals surface area (Å²) >= 11 is 1.06. The molecule has 1 saturated carbocycles. The number of piperidine rings is 1. The number of nitrogens with zero attached hydrogens (tertiary/aromatic N) is 4. The van der Waals surface area contributed by atoms with Gasteiger partial charge in [0.2, 0.25) is 10.0 Å². The Morgan fingerprint density at radius 1 is 1.25 bits per heavy atom. The number of carbonyl (C=O) groups is 1. The summed E-state index contributed by atoms with van der Waals surface area (Å²) in [5, 5.41) is 6.00. The summed E-state index contributed by atoms with van der Waals surface area (Å²) in [7, 11) is -0.898. The van der Waals surface area contributed by atoms with Gasteiger partial charge in [0.15, 0.2) is 0 Å². The number of thiophene rings is 1. The second-order valence-electron chi connectivity index (χ2n) is 7.15. The van der Waals surface area contributed by atoms with Crippen LogP contribution in [0.4, 0.5) is 0 Å². The molecule has 2 aromatic rings. The second kappa shape index (κ2) is 7.12. The quantitative estimate of drug-likeness (QED) is 0.668. The Bertz CT molecular complexity index is 1060. The zero-order valence-corrected chi connectivity index (χ0v) is 17.3. The van der Waals surface area contributed by atoms with Crippen molar-refractivity contribution in [3.8, 4) is 0 Å². The van der Waals surface area contributed by atoms with Crippen LogP contribution in [0.2, 0.25) is 0 Å². The number of carbonyl (C=O) groups excluding carboxylic acids is 1. The first-order valence-corrected chi connectivity index (χ1v) is 11.5. The van der Waals surface area contributed by atoms with Crippen molar-refractivity contribution in [3.05, 3.63) is 32.6 Å². The lowest BCUT2D eigenvalue weighted by atomic mass is 9.97. The number of aromatic nitrogens is 3. The van der Waals surface area contributed by atoms with Crippen LogP contribution in [0.3, 0.4) is 0 Å². The molecule has 0 aromatic carbocycles. The highest BCUT2D eigenvalue weighted by Crippen LogP contribution is 2.38. The summed E-state index contributed by atoms with van der Waals surface area (Å²) < 4.78 is 35.3. The van der Waals surface area contributed by atoms with Gasteiger partial charge in [-0.05, 0) is 37.1 Å². The fraction of sp³-hybridized carbons (Fsp3) is 0.588. The number of rotatable bonds is 5. The SMILES string of the molecule is COC(=O)c1sccc1S(=O)(=O)N1CCC(c2nn(C)c(=O)n2C2CC2)CC1. The van der Waals surface area contributed by atoms with Crippen molar-refractivity contribution in [2.45, 2.75) is 42.5 Å². The number of sulfonamides is 1. The van der Waals surface area contributed by atoms with E-state index in [1.165, 1.54) is 22.2 Å². The average Bonchev–Trinajstić information content (AvgIpc) is 3.31. The van der Waals surface area contributed by atoms with Gasteiger partial charge in [0.1, 0.15) is 15.6 Å². The fourth-order valence-corrected chi connectivity index (χ4v) is 6.47. The van der Waals surface area contributed by atoms with E-state index in [4.69, 9.17) is 4.74 Å². The molecule has 4 rings (SSSR count). The molecule has 2 fully saturated rings. The normalized spacial score (nSPS) is 19.1. The van der Waals surface area contributed by atoms with Gasteiger partial charge in [0, 0.05) is 32.1 Å². The molecular weight excluding hydrogens is 404 g/mol. The van der Waals surface area contributed by atoms with Gasteiger partial charge in [-0.3, -0.25) is 4.57 Å². The maximum absolute atomic E-state index is 13.0. The Hall–Kier alpha value is -1.98. The molecule has 0 amide bonds. The predicted octanol–water partition coefficient (Wildman–Crippen LogP) is 1.33. The van der Waals surface area contributed by atoms with Crippen molar-refractivity contribution in [2.75, 3.05) is 20.2 Å². The molecule has 1 saturated heterocycles. The van der Waals surface area contributed by atoms with Crippen molar-refractivity contribution in [2.24, 2.45) is 7.05 Å². The fourth-order valence-electron chi connectivity index (χ4n) is 3.69. The molecule has 28 heavy (non-hydrogen) atoms. The van der Waals surface area contributed by atoms with Crippen LogP contribution in [0.25, 0.3) is 0 Å². The van der Waals surface area contributed by atoms with E-state index in [-0.39, 0.29) is 27.4 Å². The number of esters is 1. The van der Waals surface area contributed by atoms with Crippen LogP contribution < -0.4 is 5.69 Å². The number of hydrogen-bond donors (Lipinski definition) is 0. The minimum absolute atomic E-state index is 0.00414. The molecule has 2 aliphatic rings. The molecular formula is C17H22N4O5S2. The van der Waals surface area contributed by atoms with Gasteiger partial charge >= 0.3 is 11.7 Å². The minimum Gasteiger partial charge on any atom is -0.465 e. The molecule has 1 aliphatic carbocycles. The molecule has 0 spiro atoms. The second-order valence-corrected chi connectivity index (χ2v) is 9.97. The lowest BCUT2D eigenvalue weighted by Crippen LogP contribution is -2.39. The van der Waals surface area contributed by atoms with E-state index in [1.807, 2.05) is 0 Å². The van der Waals surface area contributed by atoms with E-state index in [0.29, 0.717) is 25.9 Å². The lowest BCUT2D eigenvalue weighted by molar-refractivity contribution is 0.0602. The topological polar surface area (TPSA) is 104 Å². The summed E-state index contributed by atoms with van der Waals surface area (Å²) in [5.74, 6) is 0.159. The maximum Gasteiger partial charge on any atom is 0.349 e. The van der Waals surface area contributed by atoms with Crippen LogP contribution in [-0.2, 0) is 21.8 Å². The van der Waals surface area contributed by atoms with Gasteiger partial charge < -0.3 is 4.74 Å². The number of ether oxygens (including phenoxy) is 1.